The van der Waals surface area contributed by atoms with Crippen molar-refractivity contribution in [3.05, 3.63) is 24.5 Å². The highest BCUT2D eigenvalue weighted by atomic mass is 16.5. The van der Waals surface area contributed by atoms with E-state index in [4.69, 9.17) is 10.5 Å². The first kappa shape index (κ1) is 8.49. The van der Waals surface area contributed by atoms with E-state index in [0.29, 0.717) is 0 Å². The second-order valence-corrected chi connectivity index (χ2v) is 2.57. The van der Waals surface area contributed by atoms with Crippen molar-refractivity contribution < 1.29 is 4.74 Å². The van der Waals surface area contributed by atoms with Gasteiger partial charge < -0.3 is 10.5 Å². The zero-order valence-electron chi connectivity index (χ0n) is 7.58. The Kier molecular flexibility index (Phi) is 2.02. The van der Waals surface area contributed by atoms with Crippen molar-refractivity contribution in [2.45, 2.75) is 0 Å². The number of hydrogen-bond donors (Lipinski definition) is 1. The van der Waals surface area contributed by atoms with Gasteiger partial charge in [-0.1, -0.05) is 0 Å². The van der Waals surface area contributed by atoms with Crippen molar-refractivity contribution in [2.24, 2.45) is 0 Å². The molecule has 0 aliphatic carbocycles. The van der Waals surface area contributed by atoms with Crippen LogP contribution in [-0.4, -0.2) is 26.9 Å². The number of nitrogens with zero attached hydrogens (tertiary/aromatic N) is 4. The van der Waals surface area contributed by atoms with Crippen LogP contribution in [0.25, 0.3) is 5.69 Å². The lowest BCUT2D eigenvalue weighted by Gasteiger charge is -1.99. The van der Waals surface area contributed by atoms with Crippen LogP contribution in [-0.2, 0) is 0 Å². The van der Waals surface area contributed by atoms with Gasteiger partial charge in [0.05, 0.1) is 12.8 Å². The molecule has 14 heavy (non-hydrogen) atoms. The summed E-state index contributed by atoms with van der Waals surface area (Å²) in [7, 11) is 1.49. The smallest absolute Gasteiger partial charge is 0.337 e. The molecule has 2 aromatic heterocycles. The molecule has 0 aliphatic rings. The Hall–Kier alpha value is -2.11. The van der Waals surface area contributed by atoms with Crippen molar-refractivity contribution in [1.82, 2.24) is 19.7 Å². The molecule has 0 saturated carbocycles. The number of ether oxygens (including phenoxy) is 1. The molecule has 2 heterocycles. The number of nitrogens with two attached hydrogens (primary N) is 1. The van der Waals surface area contributed by atoms with Gasteiger partial charge in [-0.3, -0.25) is 4.98 Å². The van der Waals surface area contributed by atoms with Crippen LogP contribution >= 0.6 is 0 Å². The SMILES string of the molecule is COc1nc(N)n(-c2ccncc2)n1. The number of anilines is 1. The lowest BCUT2D eigenvalue weighted by molar-refractivity contribution is 0.380. The number of pyridine rings is 1. The van der Waals surface area contributed by atoms with Gasteiger partial charge >= 0.3 is 6.01 Å². The average molecular weight is 191 g/mol. The van der Waals surface area contributed by atoms with E-state index in [-0.39, 0.29) is 12.0 Å². The lowest BCUT2D eigenvalue weighted by atomic mass is 10.4. The molecule has 6 heteroatoms. The standard InChI is InChI=1S/C8H9N5O/c1-14-8-11-7(9)13(12-8)6-2-4-10-5-3-6/h2-5H,1H3,(H2,9,11,12). The molecular weight excluding hydrogens is 182 g/mol. The van der Waals surface area contributed by atoms with Crippen LogP contribution in [0.5, 0.6) is 6.01 Å². The summed E-state index contributed by atoms with van der Waals surface area (Å²) in [5, 5.41) is 4.03. The summed E-state index contributed by atoms with van der Waals surface area (Å²) in [6, 6.07) is 3.81. The summed E-state index contributed by atoms with van der Waals surface area (Å²) in [6.07, 6.45) is 3.31. The zero-order valence-corrected chi connectivity index (χ0v) is 7.58. The highest BCUT2D eigenvalue weighted by molar-refractivity contribution is 5.36. The molecule has 0 radical (unpaired) electrons. The van der Waals surface area contributed by atoms with Gasteiger partial charge in [0.2, 0.25) is 5.95 Å². The molecule has 0 unspecified atom stereocenters. The Morgan fingerprint density at radius 1 is 1.36 bits per heavy atom. The molecule has 0 amide bonds. The normalized spacial score (nSPS) is 10.1. The summed E-state index contributed by atoms with van der Waals surface area (Å²) in [5.41, 5.74) is 6.44. The van der Waals surface area contributed by atoms with Crippen LogP contribution < -0.4 is 10.5 Å². The molecule has 0 atom stereocenters. The van der Waals surface area contributed by atoms with Crippen LogP contribution in [0.2, 0.25) is 0 Å². The Morgan fingerprint density at radius 2 is 2.07 bits per heavy atom. The Balaban J connectivity index is 2.46. The largest absolute Gasteiger partial charge is 0.466 e. The van der Waals surface area contributed by atoms with Gasteiger partial charge in [-0.2, -0.15) is 9.67 Å². The summed E-state index contributed by atoms with van der Waals surface area (Å²) in [6.45, 7) is 0. The summed E-state index contributed by atoms with van der Waals surface area (Å²) < 4.78 is 6.35. The summed E-state index contributed by atoms with van der Waals surface area (Å²) in [5.74, 6) is 0.285. The van der Waals surface area contributed by atoms with Crippen molar-refractivity contribution in [3.63, 3.8) is 0 Å². The average Bonchev–Trinajstić information content (AvgIpc) is 2.61. The molecule has 0 aromatic carbocycles. The van der Waals surface area contributed by atoms with E-state index in [1.54, 1.807) is 24.5 Å². The van der Waals surface area contributed by atoms with Crippen molar-refractivity contribution >= 4 is 5.95 Å². The fourth-order valence-electron chi connectivity index (χ4n) is 1.07. The Labute approximate surface area is 80.4 Å². The molecule has 0 aliphatic heterocycles. The molecule has 6 nitrogen and oxygen atoms in total. The third kappa shape index (κ3) is 1.37. The number of aromatic nitrogens is 4. The van der Waals surface area contributed by atoms with Gasteiger partial charge in [-0.05, 0) is 12.1 Å². The topological polar surface area (TPSA) is 78.9 Å². The first-order valence-electron chi connectivity index (χ1n) is 3.98. The Morgan fingerprint density at radius 3 is 2.64 bits per heavy atom. The third-order valence-electron chi connectivity index (χ3n) is 1.70. The maximum atomic E-state index is 5.64. The summed E-state index contributed by atoms with van der Waals surface area (Å²) >= 11 is 0. The second-order valence-electron chi connectivity index (χ2n) is 2.57. The molecule has 72 valence electrons. The molecule has 2 aromatic rings. The monoisotopic (exact) mass is 191 g/mol. The molecule has 0 spiro atoms. The van der Waals surface area contributed by atoms with Crippen LogP contribution in [0.1, 0.15) is 0 Å². The predicted octanol–water partition coefficient (Wildman–Crippen LogP) is 0.253. The molecule has 2 N–H and O–H groups in total. The number of nitrogen functional groups attached to an aromatic ring is 1. The first-order chi connectivity index (χ1) is 6.81. The Bertz CT molecular complexity index is 425. The quantitative estimate of drug-likeness (QED) is 0.736. The van der Waals surface area contributed by atoms with Gasteiger partial charge in [-0.25, -0.2) is 0 Å². The predicted molar refractivity (Wildman–Crippen MR) is 50.1 cm³/mol. The van der Waals surface area contributed by atoms with E-state index >= 15 is 0 Å². The van der Waals surface area contributed by atoms with E-state index in [9.17, 15) is 0 Å². The van der Waals surface area contributed by atoms with Crippen molar-refractivity contribution in [2.75, 3.05) is 12.8 Å². The van der Waals surface area contributed by atoms with Crippen LogP contribution in [0.3, 0.4) is 0 Å². The molecule has 0 saturated heterocycles. The minimum Gasteiger partial charge on any atom is -0.466 e. The van der Waals surface area contributed by atoms with Crippen molar-refractivity contribution in [1.29, 1.82) is 0 Å². The van der Waals surface area contributed by atoms with E-state index in [0.717, 1.165) is 5.69 Å². The van der Waals surface area contributed by atoms with Gasteiger partial charge in [0.25, 0.3) is 0 Å². The number of methoxy groups -OCH3 is 1. The fourth-order valence-corrected chi connectivity index (χ4v) is 1.07. The van der Waals surface area contributed by atoms with Gasteiger partial charge in [0.15, 0.2) is 0 Å². The van der Waals surface area contributed by atoms with E-state index < -0.39 is 0 Å². The van der Waals surface area contributed by atoms with Gasteiger partial charge in [0, 0.05) is 12.4 Å². The first-order valence-corrected chi connectivity index (χ1v) is 3.98. The third-order valence-corrected chi connectivity index (χ3v) is 1.70. The van der Waals surface area contributed by atoms with E-state index in [2.05, 4.69) is 15.1 Å². The lowest BCUT2D eigenvalue weighted by Crippen LogP contribution is -2.02. The zero-order chi connectivity index (χ0) is 9.97. The highest BCUT2D eigenvalue weighted by Crippen LogP contribution is 2.12. The van der Waals surface area contributed by atoms with Gasteiger partial charge in [-0.15, -0.1) is 5.10 Å². The van der Waals surface area contributed by atoms with E-state index in [1.807, 2.05) is 0 Å². The van der Waals surface area contributed by atoms with Crippen LogP contribution in [0, 0.1) is 0 Å². The second kappa shape index (κ2) is 3.33. The van der Waals surface area contributed by atoms with Crippen LogP contribution in [0.4, 0.5) is 5.95 Å². The highest BCUT2D eigenvalue weighted by Gasteiger charge is 2.07. The molecular formula is C8H9N5O. The maximum Gasteiger partial charge on any atom is 0.337 e. The minimum absolute atomic E-state index is 0.249. The van der Waals surface area contributed by atoms with E-state index in [1.165, 1.54) is 11.8 Å². The fraction of sp³-hybridized carbons (Fsp3) is 0.125. The maximum absolute atomic E-state index is 5.64. The molecule has 2 rings (SSSR count). The number of hydrogen-bond acceptors (Lipinski definition) is 5. The summed E-state index contributed by atoms with van der Waals surface area (Å²) in [4.78, 5) is 7.79. The molecule has 0 bridgehead atoms. The van der Waals surface area contributed by atoms with Crippen molar-refractivity contribution in [3.8, 4) is 11.7 Å². The number of rotatable bonds is 2. The van der Waals surface area contributed by atoms with Crippen LogP contribution in [0.15, 0.2) is 24.5 Å². The van der Waals surface area contributed by atoms with Gasteiger partial charge in [0.1, 0.15) is 0 Å². The molecule has 0 fully saturated rings. The minimum atomic E-state index is 0.249.